The number of aliphatic imine (C=N–C) groups is 2. The number of amidine groups is 1. The van der Waals surface area contributed by atoms with E-state index in [0.717, 1.165) is 47.9 Å². The smallest absolute Gasteiger partial charge is 0.446 e. The van der Waals surface area contributed by atoms with Gasteiger partial charge in [0.2, 0.25) is 6.29 Å². The van der Waals surface area contributed by atoms with Gasteiger partial charge in [-0.15, -0.1) is 11.8 Å². The number of nitrogens with one attached hydrogen (secondary N) is 3. The van der Waals surface area contributed by atoms with E-state index in [-0.39, 0.29) is 60.8 Å². The number of thioether (sulfide) groups is 1. The van der Waals surface area contributed by atoms with E-state index in [9.17, 15) is 68.5 Å². The zero-order valence-electron chi connectivity index (χ0n) is 63.3. The van der Waals surface area contributed by atoms with Crippen molar-refractivity contribution in [3.05, 3.63) is 196 Å². The first-order chi connectivity index (χ1) is 58.5. The Hall–Kier alpha value is -8.29. The number of ether oxygens (including phenoxy) is 10. The summed E-state index contributed by atoms with van der Waals surface area (Å²) >= 11 is 23.2. The second-order valence-corrected chi connectivity index (χ2v) is 49.2. The lowest BCUT2D eigenvalue weighted by Crippen LogP contribution is -2.28. The van der Waals surface area contributed by atoms with Gasteiger partial charge >= 0.3 is 6.18 Å². The van der Waals surface area contributed by atoms with Crippen LogP contribution in [0.15, 0.2) is 144 Å². The summed E-state index contributed by atoms with van der Waals surface area (Å²) < 4.78 is 86.6. The SMILES string of the molecule is CI.COC(CN)OC.COC(CN=C1COc2ccc([N+](=O)[O-])cc2N1)OC.CSC1=Nc2cc([N+](=O)[O-])ccc2OC1.Nc1ccc2c(c1)-n1ccnc1CO2.O=C1COc2ccc([N+](=O)[O-])cc2N1.O=CC(F)(F)F.O=[N+]([O-])c1ccc2c(c1)-n1ccnc1CO2.O=[N+]([O-])c1ccc2c(c1)NC(=S)CO2.S=PP(P=S)P=S=S=S=S=S=S=S=S. The van der Waals surface area contributed by atoms with Crippen LogP contribution < -0.4 is 55.8 Å². The molecule has 7 N–H and O–H groups in total. The third-order valence-corrected chi connectivity index (χ3v) is 49.1. The summed E-state index contributed by atoms with van der Waals surface area (Å²) in [5.41, 5.74) is 15.2. The maximum Gasteiger partial charge on any atom is 0.446 e. The van der Waals surface area contributed by atoms with Gasteiger partial charge in [0.1, 0.15) is 89.1 Å². The van der Waals surface area contributed by atoms with Crippen molar-refractivity contribution in [1.29, 1.82) is 0 Å². The van der Waals surface area contributed by atoms with Crippen molar-refractivity contribution in [2.24, 2.45) is 15.7 Å². The highest BCUT2D eigenvalue weighted by atomic mass is 127. The second-order valence-electron chi connectivity index (χ2n) is 21.9. The Labute approximate surface area is 754 Å². The van der Waals surface area contributed by atoms with Crippen LogP contribution in [0.25, 0.3) is 11.4 Å². The number of nitrogen functional groups attached to an aromatic ring is 1. The number of benzene rings is 6. The van der Waals surface area contributed by atoms with Crippen LogP contribution in [0.4, 0.5) is 70.0 Å². The van der Waals surface area contributed by atoms with Crippen LogP contribution in [0.2, 0.25) is 0 Å². The first-order valence-electron chi connectivity index (χ1n) is 32.9. The lowest BCUT2D eigenvalue weighted by Gasteiger charge is -2.21. The molecule has 6 aliphatic rings. The highest BCUT2D eigenvalue weighted by Gasteiger charge is 2.26. The number of nitrogens with two attached hydrogens (primary N) is 2. The van der Waals surface area contributed by atoms with Gasteiger partial charge in [-0.3, -0.25) is 74.3 Å². The van der Waals surface area contributed by atoms with E-state index in [1.807, 2.05) is 49.6 Å². The number of halogens is 4. The van der Waals surface area contributed by atoms with E-state index in [0.29, 0.717) is 108 Å². The van der Waals surface area contributed by atoms with Crippen molar-refractivity contribution >= 4 is 257 Å². The minimum absolute atomic E-state index is 0.00670. The van der Waals surface area contributed by atoms with E-state index in [1.165, 1.54) is 109 Å². The molecule has 122 heavy (non-hydrogen) atoms. The number of methoxy groups -OCH3 is 4. The van der Waals surface area contributed by atoms with Crippen LogP contribution in [0, 0.1) is 50.6 Å². The van der Waals surface area contributed by atoms with E-state index >= 15 is 0 Å². The van der Waals surface area contributed by atoms with Crippen LogP contribution in [-0.4, -0.2) is 170 Å². The molecule has 58 heteroatoms. The highest BCUT2D eigenvalue weighted by molar-refractivity contribution is 14.1. The number of nitro benzene ring substituents is 5. The molecule has 0 unspecified atom stereocenters. The third-order valence-electron chi connectivity index (χ3n) is 14.5. The summed E-state index contributed by atoms with van der Waals surface area (Å²) in [6.45, 7) is 2.45. The number of amides is 1. The predicted molar refractivity (Wildman–Crippen MR) is 501 cm³/mol. The van der Waals surface area contributed by atoms with Crippen molar-refractivity contribution in [3.8, 4) is 45.9 Å². The Kier molecular flexibility index (Phi) is 47.7. The Bertz CT molecular complexity index is 5390. The zero-order valence-corrected chi connectivity index (χ0v) is 78.9. The van der Waals surface area contributed by atoms with Crippen molar-refractivity contribution in [3.63, 3.8) is 0 Å². The average Bonchev–Trinajstić information content (AvgIpc) is 1.61. The standard InChI is InChI=1S/C12H15N3O5.C10H7N3O3.C10H9N3O.C9H8N2O3S.C8H6N2O4.C8H6N2O3S.C4H11NO2.C2HF3O.CH3I.P4S10/c1-18-12(19-2)6-13-11-7-20-10-4-3-8(15(16)17)5-9(10)14-11;14-13(15)7-1-2-9-8(5-7)12-4-3-11-10(12)6-16-9;11-7-1-2-9-8(5-7)13-4-3-12-10(13)6-14-9;1-15-9-5-14-8-3-2-6(11(12)13)4-7(8)10-9;11-8-4-14-7-2-1-5(10(12)13)3-6(7)9-8;11-10(12)5-1-2-7-6(3-5)9-8(14)4-13-7;1-6-4(3-5)7-2;3-2(4,5)1-6;1-2;5-1-4(2-6)3-8-10-12-14-13-11-9-7/h3-5,12H,6-7H2,1-2H3,(H,13,14);1-5H,6H2;1-5H,6,11H2;2-4H,5H2,1H3;1-3H,4H2,(H,9,11);1-3H,4H2,(H,9,14);4H,3,5H2,1-2H3;1H;1H3;. The first kappa shape index (κ1) is 104. The quantitative estimate of drug-likeness (QED) is 0.00732. The van der Waals surface area contributed by atoms with E-state index < -0.39 is 43.4 Å². The number of nitrogens with zero attached hydrogens (tertiary/aromatic N) is 11. The molecule has 0 aliphatic carbocycles. The zero-order chi connectivity index (χ0) is 89.8. The van der Waals surface area contributed by atoms with Crippen LogP contribution in [0.5, 0.6) is 34.5 Å². The van der Waals surface area contributed by atoms with E-state index in [1.54, 1.807) is 106 Å². The number of carbonyl (C=O) groups is 2. The number of anilines is 4. The van der Waals surface area contributed by atoms with Gasteiger partial charge in [-0.05, 0) is 134 Å². The lowest BCUT2D eigenvalue weighted by molar-refractivity contribution is -0.385. The predicted octanol–water partition coefficient (Wildman–Crippen LogP) is 14.3. The van der Waals surface area contributed by atoms with E-state index in [4.69, 9.17) is 111 Å². The van der Waals surface area contributed by atoms with Crippen molar-refractivity contribution in [1.82, 2.24) is 19.1 Å². The fraction of sp³-hybridized carbons (Fsp3) is 0.266. The molecule has 0 atom stereocenters. The fourth-order valence-corrected chi connectivity index (χ4v) is 45.0. The summed E-state index contributed by atoms with van der Waals surface area (Å²) in [7, 11) is 21.4. The number of carbonyl (C=O) groups excluding carboxylic acids is 2. The number of alkyl halides is 4. The third kappa shape index (κ3) is 35.4. The molecule has 2 aromatic heterocycles. The Balaban J connectivity index is 0.000000247. The number of nitro groups is 5. The minimum atomic E-state index is -4.64. The molecule has 6 aliphatic heterocycles. The molecule has 6 aromatic carbocycles. The molecule has 8 aromatic rings. The summed E-state index contributed by atoms with van der Waals surface area (Å²) in [5.74, 6) is 5.59. The Morgan fingerprint density at radius 2 is 1.02 bits per heavy atom. The Morgan fingerprint density at radius 3 is 1.48 bits per heavy atom. The molecule has 0 radical (unpaired) electrons. The number of aldehydes is 1. The van der Waals surface area contributed by atoms with Crippen LogP contribution in [0.1, 0.15) is 11.6 Å². The molecular weight excluding hydrogens is 2040 g/mol. The first-order valence-corrected chi connectivity index (χ1v) is 55.2. The van der Waals surface area contributed by atoms with Gasteiger partial charge in [-0.1, -0.05) is 58.4 Å². The van der Waals surface area contributed by atoms with Gasteiger partial charge in [0, 0.05) is 147 Å². The molecule has 38 nitrogen and oxygen atoms in total. The topological polar surface area (TPSA) is 491 Å². The van der Waals surface area contributed by atoms with Crippen molar-refractivity contribution < 1.29 is 94.7 Å². The normalized spacial score (nSPS) is 13.1. The van der Waals surface area contributed by atoms with Crippen molar-refractivity contribution in [2.45, 2.75) is 32.0 Å². The maximum absolute atomic E-state index is 10.9. The summed E-state index contributed by atoms with van der Waals surface area (Å²) in [4.78, 5) is 89.4. The summed E-state index contributed by atoms with van der Waals surface area (Å²) in [6, 6.07) is 27.3. The van der Waals surface area contributed by atoms with Crippen LogP contribution >= 0.6 is 74.7 Å². The van der Waals surface area contributed by atoms with Gasteiger partial charge in [-0.25, -0.2) is 15.0 Å². The average molecular weight is 2100 g/mol. The lowest BCUT2D eigenvalue weighted by atomic mass is 10.2. The largest absolute Gasteiger partial charge is 0.484 e. The fourth-order valence-electron chi connectivity index (χ4n) is 9.13. The maximum atomic E-state index is 10.9. The Morgan fingerprint density at radius 1 is 0.598 bits per heavy atom. The van der Waals surface area contributed by atoms with Crippen LogP contribution in [-0.2, 0) is 139 Å². The minimum Gasteiger partial charge on any atom is -0.484 e. The number of thiocarbonyl (C=S) groups is 1. The molecule has 14 rings (SSSR count). The molecule has 0 fully saturated rings. The van der Waals surface area contributed by atoms with Gasteiger partial charge < -0.3 is 74.8 Å². The summed E-state index contributed by atoms with van der Waals surface area (Å²) in [6.07, 6.45) is 2.60. The molecular formula is C64H66F3IN16O22P4S12. The van der Waals surface area contributed by atoms with Gasteiger partial charge in [0.05, 0.1) is 66.6 Å². The molecule has 0 saturated carbocycles. The number of rotatable bonds is 15. The van der Waals surface area contributed by atoms with Crippen LogP contribution in [0.3, 0.4) is 0 Å². The molecule has 0 bridgehead atoms. The molecule has 0 saturated heterocycles. The van der Waals surface area contributed by atoms with Crippen molar-refractivity contribution in [2.75, 3.05) is 101 Å². The summed E-state index contributed by atoms with van der Waals surface area (Å²) in [5, 5.41) is 62.0. The number of imidazole rings is 2. The van der Waals surface area contributed by atoms with Gasteiger partial charge in [0.25, 0.3) is 34.3 Å². The number of fused-ring (bicyclic) bond motifs is 10. The molecule has 0 spiro atoms. The number of non-ortho nitro benzene ring substituents is 5. The highest BCUT2D eigenvalue weighted by Crippen LogP contribution is 2.69. The van der Waals surface area contributed by atoms with E-state index in [2.05, 4.69) is 58.5 Å². The number of hydrogen-bond donors (Lipinski definition) is 5. The number of aromatic nitrogens is 4. The monoisotopic (exact) mass is 2100 g/mol. The van der Waals surface area contributed by atoms with Gasteiger partial charge in [0.15, 0.2) is 30.8 Å². The molecule has 8 heterocycles. The van der Waals surface area contributed by atoms with Gasteiger partial charge in [-0.2, -0.15) is 13.2 Å². The molecule has 1 amide bonds. The number of hydrogen-bond acceptors (Lipinski definition) is 33. The molecule has 654 valence electrons. The second kappa shape index (κ2) is 55.8.